The molecular formula is C22H24O3. The van der Waals surface area contributed by atoms with Crippen molar-refractivity contribution in [1.82, 2.24) is 0 Å². The van der Waals surface area contributed by atoms with Crippen molar-refractivity contribution in [2.24, 2.45) is 5.92 Å². The lowest BCUT2D eigenvalue weighted by Crippen LogP contribution is -2.21. The molecule has 0 amide bonds. The first-order chi connectivity index (χ1) is 12.1. The molecule has 3 nitrogen and oxygen atoms in total. The van der Waals surface area contributed by atoms with Gasteiger partial charge in [0.15, 0.2) is 5.78 Å². The lowest BCUT2D eigenvalue weighted by atomic mass is 9.84. The highest BCUT2D eigenvalue weighted by Crippen LogP contribution is 2.30. The Morgan fingerprint density at radius 1 is 1.08 bits per heavy atom. The Morgan fingerprint density at radius 2 is 1.88 bits per heavy atom. The first-order valence-corrected chi connectivity index (χ1v) is 8.82. The van der Waals surface area contributed by atoms with Gasteiger partial charge >= 0.3 is 0 Å². The summed E-state index contributed by atoms with van der Waals surface area (Å²) in [6.07, 6.45) is 5.04. The number of rotatable bonds is 6. The van der Waals surface area contributed by atoms with Crippen LogP contribution in [0.15, 0.2) is 60.2 Å². The lowest BCUT2D eigenvalue weighted by molar-refractivity contribution is -0.115. The molecule has 0 unspecified atom stereocenters. The molecule has 0 heterocycles. The van der Waals surface area contributed by atoms with Gasteiger partial charge in [-0.05, 0) is 50.0 Å². The third-order valence-electron chi connectivity index (χ3n) is 4.85. The SMILES string of the molecule is Cc1c(O)cccc1OC[C@@H]1CCC(=O)C=C1CCc1ccccc1. The minimum absolute atomic E-state index is 0.216. The Balaban J connectivity index is 1.65. The van der Waals surface area contributed by atoms with E-state index >= 15 is 0 Å². The summed E-state index contributed by atoms with van der Waals surface area (Å²) in [5.41, 5.74) is 3.21. The van der Waals surface area contributed by atoms with Crippen LogP contribution in [0.1, 0.15) is 30.4 Å². The van der Waals surface area contributed by atoms with Crippen LogP contribution in [0.5, 0.6) is 11.5 Å². The van der Waals surface area contributed by atoms with Gasteiger partial charge < -0.3 is 9.84 Å². The molecule has 0 radical (unpaired) electrons. The number of allylic oxidation sites excluding steroid dienone is 1. The van der Waals surface area contributed by atoms with Crippen LogP contribution in [0.2, 0.25) is 0 Å². The highest BCUT2D eigenvalue weighted by molar-refractivity contribution is 5.91. The van der Waals surface area contributed by atoms with Crippen molar-refractivity contribution in [3.63, 3.8) is 0 Å². The van der Waals surface area contributed by atoms with Crippen molar-refractivity contribution < 1.29 is 14.6 Å². The highest BCUT2D eigenvalue weighted by atomic mass is 16.5. The second-order valence-corrected chi connectivity index (χ2v) is 6.62. The Morgan fingerprint density at radius 3 is 2.68 bits per heavy atom. The number of phenols is 1. The zero-order valence-electron chi connectivity index (χ0n) is 14.6. The van der Waals surface area contributed by atoms with E-state index in [4.69, 9.17) is 4.74 Å². The number of hydrogen-bond acceptors (Lipinski definition) is 3. The fourth-order valence-electron chi connectivity index (χ4n) is 3.25. The summed E-state index contributed by atoms with van der Waals surface area (Å²) in [4.78, 5) is 11.9. The second-order valence-electron chi connectivity index (χ2n) is 6.62. The standard InChI is InChI=1S/C22H24O3/c1-16-21(24)8-5-9-22(16)25-15-19-12-13-20(23)14-18(19)11-10-17-6-3-2-4-7-17/h2-9,14,19,24H,10-13,15H2,1H3/t19-/m0/s1. The molecule has 0 saturated heterocycles. The van der Waals surface area contributed by atoms with Crippen molar-refractivity contribution in [2.75, 3.05) is 6.61 Å². The summed E-state index contributed by atoms with van der Waals surface area (Å²) in [5, 5.41) is 9.80. The van der Waals surface area contributed by atoms with Gasteiger partial charge in [-0.2, -0.15) is 0 Å². The largest absolute Gasteiger partial charge is 0.508 e. The molecule has 0 spiro atoms. The Kier molecular flexibility index (Phi) is 5.54. The maximum Gasteiger partial charge on any atom is 0.155 e. The van der Waals surface area contributed by atoms with E-state index in [9.17, 15) is 9.90 Å². The minimum Gasteiger partial charge on any atom is -0.508 e. The summed E-state index contributed by atoms with van der Waals surface area (Å²) in [6, 6.07) is 15.7. The maximum atomic E-state index is 11.9. The quantitative estimate of drug-likeness (QED) is 0.837. The fraction of sp³-hybridized carbons (Fsp3) is 0.318. The van der Waals surface area contributed by atoms with Gasteiger partial charge in [0.05, 0.1) is 6.61 Å². The average molecular weight is 336 g/mol. The van der Waals surface area contributed by atoms with Crippen molar-refractivity contribution in [2.45, 2.75) is 32.6 Å². The van der Waals surface area contributed by atoms with Crippen LogP contribution in [-0.2, 0) is 11.2 Å². The Labute approximate surface area is 149 Å². The Bertz CT molecular complexity index is 762. The van der Waals surface area contributed by atoms with Crippen LogP contribution in [0, 0.1) is 12.8 Å². The maximum absolute atomic E-state index is 11.9. The molecule has 0 bridgehead atoms. The number of carbonyl (C=O) groups is 1. The van der Waals surface area contributed by atoms with Crippen molar-refractivity contribution in [1.29, 1.82) is 0 Å². The average Bonchev–Trinajstić information content (AvgIpc) is 2.63. The van der Waals surface area contributed by atoms with E-state index in [1.807, 2.05) is 37.3 Å². The van der Waals surface area contributed by atoms with Gasteiger partial charge in [0.25, 0.3) is 0 Å². The van der Waals surface area contributed by atoms with Gasteiger partial charge in [0.1, 0.15) is 11.5 Å². The van der Waals surface area contributed by atoms with Gasteiger partial charge in [0, 0.05) is 17.9 Å². The summed E-state index contributed by atoms with van der Waals surface area (Å²) >= 11 is 0. The number of aryl methyl sites for hydroxylation is 1. The molecule has 0 aliphatic heterocycles. The summed E-state index contributed by atoms with van der Waals surface area (Å²) < 4.78 is 5.96. The number of ether oxygens (including phenoxy) is 1. The molecule has 1 N–H and O–H groups in total. The van der Waals surface area contributed by atoms with Gasteiger partial charge in [0.2, 0.25) is 0 Å². The normalized spacial score (nSPS) is 17.2. The smallest absolute Gasteiger partial charge is 0.155 e. The number of ketones is 1. The summed E-state index contributed by atoms with van der Waals surface area (Å²) in [6.45, 7) is 2.39. The topological polar surface area (TPSA) is 46.5 Å². The monoisotopic (exact) mass is 336 g/mol. The number of carbonyl (C=O) groups excluding carboxylic acids is 1. The van der Waals surface area contributed by atoms with Crippen LogP contribution < -0.4 is 4.74 Å². The van der Waals surface area contributed by atoms with Crippen LogP contribution in [0.4, 0.5) is 0 Å². The first kappa shape index (κ1) is 17.3. The molecule has 1 aliphatic carbocycles. The van der Waals surface area contributed by atoms with E-state index in [0.29, 0.717) is 18.8 Å². The highest BCUT2D eigenvalue weighted by Gasteiger charge is 2.22. The number of benzene rings is 2. The number of phenolic OH excluding ortho intramolecular Hbond substituents is 1. The molecule has 1 aliphatic rings. The molecule has 3 heteroatoms. The van der Waals surface area contributed by atoms with E-state index in [-0.39, 0.29) is 17.5 Å². The van der Waals surface area contributed by atoms with Crippen LogP contribution in [0.25, 0.3) is 0 Å². The molecule has 0 fully saturated rings. The van der Waals surface area contributed by atoms with Crippen LogP contribution in [0.3, 0.4) is 0 Å². The van der Waals surface area contributed by atoms with E-state index in [0.717, 1.165) is 24.8 Å². The fourth-order valence-corrected chi connectivity index (χ4v) is 3.25. The summed E-state index contributed by atoms with van der Waals surface area (Å²) in [5.74, 6) is 1.42. The van der Waals surface area contributed by atoms with Crippen LogP contribution in [-0.4, -0.2) is 17.5 Å². The lowest BCUT2D eigenvalue weighted by Gasteiger charge is -2.24. The molecular weight excluding hydrogens is 312 g/mol. The molecule has 0 aromatic heterocycles. The predicted molar refractivity (Wildman–Crippen MR) is 98.9 cm³/mol. The minimum atomic E-state index is 0.216. The van der Waals surface area contributed by atoms with Gasteiger partial charge in [-0.1, -0.05) is 42.0 Å². The molecule has 130 valence electrons. The zero-order chi connectivity index (χ0) is 17.6. The third-order valence-corrected chi connectivity index (χ3v) is 4.85. The molecule has 3 rings (SSSR count). The van der Waals surface area contributed by atoms with Crippen molar-refractivity contribution in [3.05, 3.63) is 71.3 Å². The zero-order valence-corrected chi connectivity index (χ0v) is 14.6. The summed E-state index contributed by atoms with van der Waals surface area (Å²) in [7, 11) is 0. The second kappa shape index (κ2) is 8.02. The molecule has 2 aromatic rings. The van der Waals surface area contributed by atoms with Crippen molar-refractivity contribution >= 4 is 5.78 Å². The Hall–Kier alpha value is -2.55. The van der Waals surface area contributed by atoms with Crippen molar-refractivity contribution in [3.8, 4) is 11.5 Å². The van der Waals surface area contributed by atoms with Gasteiger partial charge in [-0.15, -0.1) is 0 Å². The van der Waals surface area contributed by atoms with E-state index in [1.165, 1.54) is 11.1 Å². The van der Waals surface area contributed by atoms with E-state index in [1.54, 1.807) is 12.1 Å². The van der Waals surface area contributed by atoms with E-state index in [2.05, 4.69) is 12.1 Å². The molecule has 2 aromatic carbocycles. The third kappa shape index (κ3) is 4.50. The first-order valence-electron chi connectivity index (χ1n) is 8.82. The number of hydrogen-bond donors (Lipinski definition) is 1. The van der Waals surface area contributed by atoms with Gasteiger partial charge in [-0.25, -0.2) is 0 Å². The molecule has 25 heavy (non-hydrogen) atoms. The molecule has 1 atom stereocenters. The van der Waals surface area contributed by atoms with E-state index < -0.39 is 0 Å². The molecule has 0 saturated carbocycles. The van der Waals surface area contributed by atoms with Gasteiger partial charge in [-0.3, -0.25) is 4.79 Å². The van der Waals surface area contributed by atoms with Crippen LogP contribution >= 0.6 is 0 Å². The number of aromatic hydroxyl groups is 1. The predicted octanol–water partition coefficient (Wildman–Crippen LogP) is 4.62.